The van der Waals surface area contributed by atoms with Crippen LogP contribution < -0.4 is 10.6 Å². The van der Waals surface area contributed by atoms with Gasteiger partial charge in [-0.2, -0.15) is 5.10 Å². The lowest BCUT2D eigenvalue weighted by molar-refractivity contribution is -0.121. The minimum Gasteiger partial charge on any atom is -0.358 e. The van der Waals surface area contributed by atoms with Gasteiger partial charge in [0.1, 0.15) is 23.4 Å². The lowest BCUT2D eigenvalue weighted by Crippen LogP contribution is -2.23. The van der Waals surface area contributed by atoms with Crippen molar-refractivity contribution < 1.29 is 9.18 Å². The molecule has 1 aromatic carbocycles. The lowest BCUT2D eigenvalue weighted by Gasteiger charge is -2.12. The molecule has 4 aromatic rings. The molecule has 0 bridgehead atoms. The Bertz CT molecular complexity index is 1250. The van der Waals surface area contributed by atoms with Crippen LogP contribution in [0.1, 0.15) is 11.1 Å². The number of benzene rings is 1. The van der Waals surface area contributed by atoms with Gasteiger partial charge in [0.25, 0.3) is 0 Å². The molecule has 0 aliphatic rings. The van der Waals surface area contributed by atoms with E-state index in [2.05, 4.69) is 25.7 Å². The summed E-state index contributed by atoms with van der Waals surface area (Å²) >= 11 is 0. The van der Waals surface area contributed by atoms with Crippen LogP contribution in [0.3, 0.4) is 0 Å². The first-order valence-corrected chi connectivity index (χ1v) is 9.47. The van der Waals surface area contributed by atoms with Gasteiger partial charge in [-0.05, 0) is 43.7 Å². The second kappa shape index (κ2) is 7.90. The fraction of sp³-hybridized carbons (Fsp3) is 0.182. The Morgan fingerprint density at radius 1 is 1.13 bits per heavy atom. The Labute approximate surface area is 173 Å². The number of aromatic nitrogens is 4. The largest absolute Gasteiger partial charge is 0.358 e. The predicted octanol–water partition coefficient (Wildman–Crippen LogP) is 3.74. The number of carbonyl (C=O) groups is 1. The van der Waals surface area contributed by atoms with Crippen LogP contribution in [0.2, 0.25) is 0 Å². The smallest absolute Gasteiger partial charge is 0.241 e. The number of halogens is 1. The van der Waals surface area contributed by atoms with Gasteiger partial charge < -0.3 is 10.6 Å². The van der Waals surface area contributed by atoms with Crippen molar-refractivity contribution in [2.24, 2.45) is 0 Å². The van der Waals surface area contributed by atoms with E-state index >= 15 is 0 Å². The van der Waals surface area contributed by atoms with Crippen LogP contribution in [0.15, 0.2) is 48.9 Å². The molecule has 0 unspecified atom stereocenters. The fourth-order valence-corrected chi connectivity index (χ4v) is 3.16. The number of fused-ring (bicyclic) bond motifs is 1. The number of amides is 1. The van der Waals surface area contributed by atoms with Crippen molar-refractivity contribution in [3.8, 4) is 11.3 Å². The molecular weight excluding hydrogens is 383 g/mol. The number of hydrogen-bond acceptors (Lipinski definition) is 5. The Morgan fingerprint density at radius 2 is 1.97 bits per heavy atom. The van der Waals surface area contributed by atoms with Crippen LogP contribution in [-0.4, -0.2) is 32.7 Å². The quantitative estimate of drug-likeness (QED) is 0.529. The highest BCUT2D eigenvalue weighted by Crippen LogP contribution is 2.30. The van der Waals surface area contributed by atoms with E-state index in [1.807, 2.05) is 26.0 Å². The molecule has 1 amide bonds. The van der Waals surface area contributed by atoms with E-state index in [0.717, 1.165) is 22.5 Å². The van der Waals surface area contributed by atoms with Crippen molar-refractivity contribution in [3.05, 3.63) is 65.9 Å². The first kappa shape index (κ1) is 19.5. The molecule has 2 N–H and O–H groups in total. The van der Waals surface area contributed by atoms with Gasteiger partial charge in [0, 0.05) is 30.7 Å². The standard InChI is InChI=1S/C22H21FN6O/c1-13-4-5-16(23)15(8-13)19-9-18(14(2)10-26-19)27-17-6-7-25-20-11-29(28-22(17)20)12-21(30)24-3/h4-11H,12H2,1-3H3,(H,24,30)(H,26,27). The maximum Gasteiger partial charge on any atom is 0.241 e. The third-order valence-electron chi connectivity index (χ3n) is 4.81. The maximum absolute atomic E-state index is 14.3. The third kappa shape index (κ3) is 3.84. The van der Waals surface area contributed by atoms with Crippen LogP contribution in [-0.2, 0) is 11.3 Å². The number of pyridine rings is 2. The Balaban J connectivity index is 1.71. The first-order chi connectivity index (χ1) is 14.4. The number of aryl methyl sites for hydroxylation is 2. The summed E-state index contributed by atoms with van der Waals surface area (Å²) in [5, 5.41) is 10.4. The van der Waals surface area contributed by atoms with Gasteiger partial charge in [-0.3, -0.25) is 19.4 Å². The lowest BCUT2D eigenvalue weighted by atomic mass is 10.1. The molecule has 8 heteroatoms. The molecule has 0 aliphatic heterocycles. The first-order valence-electron chi connectivity index (χ1n) is 9.47. The number of carbonyl (C=O) groups excluding carboxylic acids is 1. The minimum atomic E-state index is -0.317. The highest BCUT2D eigenvalue weighted by molar-refractivity contribution is 5.90. The summed E-state index contributed by atoms with van der Waals surface area (Å²) in [4.78, 5) is 20.4. The van der Waals surface area contributed by atoms with Gasteiger partial charge in [-0.25, -0.2) is 4.39 Å². The van der Waals surface area contributed by atoms with E-state index in [1.54, 1.807) is 42.5 Å². The highest BCUT2D eigenvalue weighted by atomic mass is 19.1. The maximum atomic E-state index is 14.3. The van der Waals surface area contributed by atoms with E-state index < -0.39 is 0 Å². The Kier molecular flexibility index (Phi) is 5.14. The van der Waals surface area contributed by atoms with Crippen LogP contribution in [0.5, 0.6) is 0 Å². The summed E-state index contributed by atoms with van der Waals surface area (Å²) in [5.74, 6) is -0.464. The molecule has 0 saturated carbocycles. The van der Waals surface area contributed by atoms with Crippen molar-refractivity contribution in [1.82, 2.24) is 25.1 Å². The van der Waals surface area contributed by atoms with E-state index in [4.69, 9.17) is 0 Å². The van der Waals surface area contributed by atoms with Crippen LogP contribution in [0, 0.1) is 19.7 Å². The monoisotopic (exact) mass is 404 g/mol. The molecule has 152 valence electrons. The normalized spacial score (nSPS) is 10.9. The van der Waals surface area contributed by atoms with Crippen molar-refractivity contribution in [2.45, 2.75) is 20.4 Å². The predicted molar refractivity (Wildman–Crippen MR) is 114 cm³/mol. The number of rotatable bonds is 5. The van der Waals surface area contributed by atoms with Crippen molar-refractivity contribution in [1.29, 1.82) is 0 Å². The van der Waals surface area contributed by atoms with Crippen LogP contribution in [0.4, 0.5) is 15.8 Å². The highest BCUT2D eigenvalue weighted by Gasteiger charge is 2.13. The van der Waals surface area contributed by atoms with E-state index in [-0.39, 0.29) is 18.3 Å². The van der Waals surface area contributed by atoms with E-state index in [9.17, 15) is 9.18 Å². The zero-order valence-electron chi connectivity index (χ0n) is 16.9. The van der Waals surface area contributed by atoms with Gasteiger partial charge in [0.2, 0.25) is 5.91 Å². The zero-order valence-corrected chi connectivity index (χ0v) is 16.9. The van der Waals surface area contributed by atoms with Gasteiger partial charge >= 0.3 is 0 Å². The average Bonchev–Trinajstić information content (AvgIpc) is 3.14. The molecule has 0 saturated heterocycles. The zero-order chi connectivity index (χ0) is 21.3. The second-order valence-electron chi connectivity index (χ2n) is 7.08. The summed E-state index contributed by atoms with van der Waals surface area (Å²) in [7, 11) is 1.58. The fourth-order valence-electron chi connectivity index (χ4n) is 3.16. The number of nitrogens with one attached hydrogen (secondary N) is 2. The Morgan fingerprint density at radius 3 is 2.77 bits per heavy atom. The third-order valence-corrected chi connectivity index (χ3v) is 4.81. The summed E-state index contributed by atoms with van der Waals surface area (Å²) in [6, 6.07) is 8.59. The number of nitrogens with zero attached hydrogens (tertiary/aromatic N) is 4. The van der Waals surface area contributed by atoms with E-state index in [0.29, 0.717) is 22.3 Å². The van der Waals surface area contributed by atoms with Crippen molar-refractivity contribution in [3.63, 3.8) is 0 Å². The second-order valence-corrected chi connectivity index (χ2v) is 7.08. The summed E-state index contributed by atoms with van der Waals surface area (Å²) in [6.07, 6.45) is 5.11. The molecule has 0 atom stereocenters. The summed E-state index contributed by atoms with van der Waals surface area (Å²) < 4.78 is 15.9. The molecule has 7 nitrogen and oxygen atoms in total. The van der Waals surface area contributed by atoms with Crippen molar-refractivity contribution in [2.75, 3.05) is 12.4 Å². The SMILES string of the molecule is CNC(=O)Cn1cc2nccc(Nc3cc(-c4cc(C)ccc4F)ncc3C)c2n1. The van der Waals surface area contributed by atoms with Crippen LogP contribution >= 0.6 is 0 Å². The number of anilines is 2. The molecule has 3 heterocycles. The molecule has 0 fully saturated rings. The van der Waals surface area contributed by atoms with E-state index in [1.165, 1.54) is 6.07 Å². The average molecular weight is 404 g/mol. The minimum absolute atomic E-state index is 0.109. The number of likely N-dealkylation sites (N-methyl/N-ethyl adjacent to an activating group) is 1. The molecule has 30 heavy (non-hydrogen) atoms. The molecule has 0 spiro atoms. The summed E-state index contributed by atoms with van der Waals surface area (Å²) in [5.41, 5.74) is 5.69. The molecule has 4 rings (SSSR count). The Hall–Kier alpha value is -3.81. The van der Waals surface area contributed by atoms with Gasteiger partial charge in [0.05, 0.1) is 17.6 Å². The molecule has 0 aliphatic carbocycles. The molecular formula is C22H21FN6O. The molecule has 0 radical (unpaired) electrons. The van der Waals surface area contributed by atoms with Crippen LogP contribution in [0.25, 0.3) is 22.3 Å². The van der Waals surface area contributed by atoms with Gasteiger partial charge in [-0.1, -0.05) is 11.6 Å². The number of hydrogen-bond donors (Lipinski definition) is 2. The van der Waals surface area contributed by atoms with Gasteiger partial charge in [-0.15, -0.1) is 0 Å². The van der Waals surface area contributed by atoms with Gasteiger partial charge in [0.15, 0.2) is 0 Å². The molecule has 3 aromatic heterocycles. The topological polar surface area (TPSA) is 84.7 Å². The van der Waals surface area contributed by atoms with Crippen molar-refractivity contribution >= 4 is 28.3 Å². The summed E-state index contributed by atoms with van der Waals surface area (Å²) in [6.45, 7) is 3.95.